The summed E-state index contributed by atoms with van der Waals surface area (Å²) in [5.41, 5.74) is -1.37. The van der Waals surface area contributed by atoms with Gasteiger partial charge in [0.25, 0.3) is 10.0 Å². The van der Waals surface area contributed by atoms with Gasteiger partial charge in [-0.25, -0.2) is 18.5 Å². The maximum atomic E-state index is 12.7. The van der Waals surface area contributed by atoms with Crippen molar-refractivity contribution in [2.24, 2.45) is 5.14 Å². The smallest absolute Gasteiger partial charge is 0.437 e. The molecule has 1 aromatic heterocycles. The minimum absolute atomic E-state index is 0.256. The number of pyridine rings is 1. The molecule has 18 heavy (non-hydrogen) atoms. The average molecular weight is 282 g/mol. The summed E-state index contributed by atoms with van der Waals surface area (Å²) >= 11 is 0. The number of nitrogens with two attached hydrogens (primary N) is 1. The molecular formula is C9H9F3N2O3S. The van der Waals surface area contributed by atoms with E-state index in [4.69, 9.17) is 9.88 Å². The van der Waals surface area contributed by atoms with Crippen LogP contribution in [0.2, 0.25) is 0 Å². The second-order valence-electron chi connectivity index (χ2n) is 3.86. The molecule has 0 bridgehead atoms. The van der Waals surface area contributed by atoms with Crippen LogP contribution < -0.4 is 9.88 Å². The van der Waals surface area contributed by atoms with Crippen LogP contribution in [0.5, 0.6) is 5.75 Å². The predicted octanol–water partition coefficient (Wildman–Crippen LogP) is 1.29. The Labute approximate surface area is 101 Å². The first-order valence-corrected chi connectivity index (χ1v) is 6.50. The summed E-state index contributed by atoms with van der Waals surface area (Å²) in [7, 11) is -4.28. The molecule has 9 heteroatoms. The summed E-state index contributed by atoms with van der Waals surface area (Å²) in [4.78, 5) is 3.03. The van der Waals surface area contributed by atoms with Crippen LogP contribution in [-0.2, 0) is 16.2 Å². The Morgan fingerprint density at radius 2 is 1.94 bits per heavy atom. The largest absolute Gasteiger partial charge is 0.488 e. The molecule has 0 aromatic carbocycles. The molecule has 1 fully saturated rings. The molecule has 100 valence electrons. The molecule has 2 N–H and O–H groups in total. The van der Waals surface area contributed by atoms with Crippen molar-refractivity contribution < 1.29 is 26.3 Å². The van der Waals surface area contributed by atoms with Crippen LogP contribution >= 0.6 is 0 Å². The maximum Gasteiger partial charge on any atom is 0.437 e. The lowest BCUT2D eigenvalue weighted by atomic mass is 10.3. The van der Waals surface area contributed by atoms with E-state index in [1.807, 2.05) is 0 Å². The van der Waals surface area contributed by atoms with Gasteiger partial charge in [-0.05, 0) is 25.0 Å². The van der Waals surface area contributed by atoms with E-state index in [9.17, 15) is 21.6 Å². The zero-order chi connectivity index (χ0) is 13.6. The Kier molecular flexibility index (Phi) is 2.98. The lowest BCUT2D eigenvalue weighted by molar-refractivity contribution is -0.143. The second kappa shape index (κ2) is 4.09. The number of primary sulfonamides is 1. The highest BCUT2D eigenvalue weighted by molar-refractivity contribution is 7.89. The molecule has 1 aliphatic carbocycles. The highest BCUT2D eigenvalue weighted by Gasteiger charge is 2.39. The SMILES string of the molecule is NS(=O)(=O)c1ccc(OC2CC2)c(C(F)(F)F)n1. The topological polar surface area (TPSA) is 82.3 Å². The molecule has 1 aliphatic rings. The standard InChI is InChI=1S/C9H9F3N2O3S/c10-9(11,12)8-6(17-5-1-2-5)3-4-7(14-8)18(13,15)16/h3-5H,1-2H2,(H2,13,15,16). The zero-order valence-corrected chi connectivity index (χ0v) is 9.75. The van der Waals surface area contributed by atoms with E-state index in [0.717, 1.165) is 12.1 Å². The molecular weight excluding hydrogens is 273 g/mol. The van der Waals surface area contributed by atoms with Crippen molar-refractivity contribution >= 4 is 10.0 Å². The Bertz CT molecular complexity index is 567. The van der Waals surface area contributed by atoms with Gasteiger partial charge in [-0.1, -0.05) is 0 Å². The molecule has 0 amide bonds. The van der Waals surface area contributed by atoms with Crippen LogP contribution in [0, 0.1) is 0 Å². The first-order chi connectivity index (χ1) is 8.18. The van der Waals surface area contributed by atoms with Gasteiger partial charge in [0.1, 0.15) is 0 Å². The number of rotatable bonds is 3. The summed E-state index contributed by atoms with van der Waals surface area (Å²) in [6.07, 6.45) is -3.71. The summed E-state index contributed by atoms with van der Waals surface area (Å²) in [6.45, 7) is 0. The number of halogens is 3. The highest BCUT2D eigenvalue weighted by atomic mass is 32.2. The van der Waals surface area contributed by atoms with Crippen molar-refractivity contribution in [3.05, 3.63) is 17.8 Å². The van der Waals surface area contributed by atoms with Crippen molar-refractivity contribution in [1.82, 2.24) is 4.98 Å². The maximum absolute atomic E-state index is 12.7. The molecule has 0 unspecified atom stereocenters. The van der Waals surface area contributed by atoms with Crippen molar-refractivity contribution in [2.75, 3.05) is 0 Å². The quantitative estimate of drug-likeness (QED) is 0.905. The van der Waals surface area contributed by atoms with E-state index < -0.39 is 32.7 Å². The predicted molar refractivity (Wildman–Crippen MR) is 54.3 cm³/mol. The van der Waals surface area contributed by atoms with Crippen LogP contribution in [0.25, 0.3) is 0 Å². The lowest BCUT2D eigenvalue weighted by Crippen LogP contribution is -2.18. The van der Waals surface area contributed by atoms with E-state index in [1.54, 1.807) is 0 Å². The van der Waals surface area contributed by atoms with E-state index in [2.05, 4.69) is 4.98 Å². The number of hydrogen-bond acceptors (Lipinski definition) is 4. The van der Waals surface area contributed by atoms with Gasteiger partial charge < -0.3 is 4.74 Å². The van der Waals surface area contributed by atoms with Crippen LogP contribution in [0.1, 0.15) is 18.5 Å². The molecule has 0 saturated heterocycles. The van der Waals surface area contributed by atoms with E-state index in [1.165, 1.54) is 0 Å². The van der Waals surface area contributed by atoms with Gasteiger partial charge in [0.2, 0.25) is 0 Å². The third-order valence-electron chi connectivity index (χ3n) is 2.21. The number of nitrogens with zero attached hydrogens (tertiary/aromatic N) is 1. The van der Waals surface area contributed by atoms with Gasteiger partial charge >= 0.3 is 6.18 Å². The molecule has 1 saturated carbocycles. The van der Waals surface area contributed by atoms with Gasteiger partial charge in [-0.2, -0.15) is 13.2 Å². The van der Waals surface area contributed by atoms with Crippen molar-refractivity contribution in [1.29, 1.82) is 0 Å². The van der Waals surface area contributed by atoms with Crippen LogP contribution in [0.3, 0.4) is 0 Å². The van der Waals surface area contributed by atoms with Crippen molar-refractivity contribution in [2.45, 2.75) is 30.1 Å². The van der Waals surface area contributed by atoms with Gasteiger partial charge in [0.05, 0.1) is 6.10 Å². The Morgan fingerprint density at radius 1 is 1.33 bits per heavy atom. The number of alkyl halides is 3. The van der Waals surface area contributed by atoms with Gasteiger partial charge in [-0.15, -0.1) is 0 Å². The fourth-order valence-corrected chi connectivity index (χ4v) is 1.73. The average Bonchev–Trinajstić information content (AvgIpc) is 2.98. The molecule has 0 aliphatic heterocycles. The summed E-state index contributed by atoms with van der Waals surface area (Å²) in [6, 6.07) is 1.82. The van der Waals surface area contributed by atoms with E-state index in [-0.39, 0.29) is 6.10 Å². The first-order valence-electron chi connectivity index (χ1n) is 4.95. The number of hydrogen-bond donors (Lipinski definition) is 1. The summed E-state index contributed by atoms with van der Waals surface area (Å²) < 4.78 is 65.1. The van der Waals surface area contributed by atoms with Gasteiger partial charge in [0.15, 0.2) is 16.5 Å². The third kappa shape index (κ3) is 2.91. The van der Waals surface area contributed by atoms with Gasteiger partial charge in [0, 0.05) is 0 Å². The van der Waals surface area contributed by atoms with Crippen LogP contribution in [0.15, 0.2) is 17.2 Å². The molecule has 0 spiro atoms. The summed E-state index contributed by atoms with van der Waals surface area (Å²) in [5, 5.41) is 3.90. The second-order valence-corrected chi connectivity index (χ2v) is 5.36. The van der Waals surface area contributed by atoms with E-state index >= 15 is 0 Å². The highest BCUT2D eigenvalue weighted by Crippen LogP contribution is 2.37. The van der Waals surface area contributed by atoms with Crippen LogP contribution in [-0.4, -0.2) is 19.5 Å². The van der Waals surface area contributed by atoms with Crippen molar-refractivity contribution in [3.8, 4) is 5.75 Å². The molecule has 1 aromatic rings. The number of aromatic nitrogens is 1. The normalized spacial score (nSPS) is 16.7. The molecule has 5 nitrogen and oxygen atoms in total. The molecule has 2 rings (SSSR count). The third-order valence-corrected chi connectivity index (χ3v) is 3.02. The minimum Gasteiger partial charge on any atom is -0.488 e. The Balaban J connectivity index is 2.47. The van der Waals surface area contributed by atoms with Crippen molar-refractivity contribution in [3.63, 3.8) is 0 Å². The molecule has 1 heterocycles. The number of sulfonamides is 1. The van der Waals surface area contributed by atoms with Gasteiger partial charge in [-0.3, -0.25) is 0 Å². The Hall–Kier alpha value is -1.35. The fourth-order valence-electron chi connectivity index (χ4n) is 1.25. The van der Waals surface area contributed by atoms with E-state index in [0.29, 0.717) is 12.8 Å². The summed E-state index contributed by atoms with van der Waals surface area (Å²) in [5.74, 6) is -0.475. The van der Waals surface area contributed by atoms with Crippen LogP contribution in [0.4, 0.5) is 13.2 Å². The zero-order valence-electron chi connectivity index (χ0n) is 8.94. The number of ether oxygens (including phenoxy) is 1. The Morgan fingerprint density at radius 3 is 2.39 bits per heavy atom. The molecule has 0 atom stereocenters. The molecule has 0 radical (unpaired) electrons. The fraction of sp³-hybridized carbons (Fsp3) is 0.444. The first kappa shape index (κ1) is 13.1. The monoisotopic (exact) mass is 282 g/mol. The minimum atomic E-state index is -4.80. The lowest BCUT2D eigenvalue weighted by Gasteiger charge is -2.13.